The molecule has 0 bridgehead atoms. The summed E-state index contributed by atoms with van der Waals surface area (Å²) in [5, 5.41) is 6.02. The Bertz CT molecular complexity index is 699. The minimum Gasteiger partial charge on any atom is -0.454 e. The van der Waals surface area contributed by atoms with Gasteiger partial charge in [0.15, 0.2) is 11.5 Å². The van der Waals surface area contributed by atoms with Gasteiger partial charge >= 0.3 is 0 Å². The van der Waals surface area contributed by atoms with Gasteiger partial charge in [0.05, 0.1) is 11.9 Å². The van der Waals surface area contributed by atoms with Crippen molar-refractivity contribution in [1.82, 2.24) is 4.98 Å². The fourth-order valence-electron chi connectivity index (χ4n) is 2.25. The molecule has 120 valence electrons. The quantitative estimate of drug-likeness (QED) is 0.883. The molecule has 23 heavy (non-hydrogen) atoms. The third-order valence-corrected chi connectivity index (χ3v) is 3.29. The summed E-state index contributed by atoms with van der Waals surface area (Å²) in [6.45, 7) is 4.27. The zero-order chi connectivity index (χ0) is 16.2. The summed E-state index contributed by atoms with van der Waals surface area (Å²) in [5.41, 5.74) is 1.55. The number of amides is 1. The molecule has 0 unspecified atom stereocenters. The Hall–Kier alpha value is -2.76. The molecule has 6 nitrogen and oxygen atoms in total. The molecule has 2 aromatic rings. The molecule has 0 spiro atoms. The number of benzene rings is 1. The predicted molar refractivity (Wildman–Crippen MR) is 88.2 cm³/mol. The van der Waals surface area contributed by atoms with Crippen molar-refractivity contribution in [2.45, 2.75) is 20.3 Å². The number of fused-ring (bicyclic) bond motifs is 1. The van der Waals surface area contributed by atoms with Gasteiger partial charge in [-0.15, -0.1) is 0 Å². The number of carbonyl (C=O) groups is 1. The lowest BCUT2D eigenvalue weighted by Gasteiger charge is -2.09. The smallest absolute Gasteiger partial charge is 0.231 e. The largest absolute Gasteiger partial charge is 0.454 e. The molecule has 0 radical (unpaired) electrons. The Labute approximate surface area is 134 Å². The predicted octanol–water partition coefficient (Wildman–Crippen LogP) is 3.54. The fraction of sp³-hybridized carbons (Fsp3) is 0.294. The first-order valence-electron chi connectivity index (χ1n) is 7.53. The highest BCUT2D eigenvalue weighted by atomic mass is 16.7. The molecule has 1 aliphatic heterocycles. The van der Waals surface area contributed by atoms with E-state index in [4.69, 9.17) is 9.47 Å². The Kier molecular flexibility index (Phi) is 4.32. The van der Waals surface area contributed by atoms with Gasteiger partial charge in [-0.05, 0) is 30.2 Å². The number of aromatic nitrogens is 1. The monoisotopic (exact) mass is 313 g/mol. The third-order valence-electron chi connectivity index (χ3n) is 3.29. The topological polar surface area (TPSA) is 72.5 Å². The van der Waals surface area contributed by atoms with E-state index in [1.807, 2.05) is 44.2 Å². The first-order chi connectivity index (χ1) is 11.1. The van der Waals surface area contributed by atoms with Gasteiger partial charge in [-0.25, -0.2) is 4.98 Å². The molecule has 0 fully saturated rings. The Balaban J connectivity index is 1.62. The lowest BCUT2D eigenvalue weighted by molar-refractivity contribution is -0.116. The lowest BCUT2D eigenvalue weighted by Crippen LogP contribution is -2.13. The van der Waals surface area contributed by atoms with E-state index in [9.17, 15) is 4.79 Å². The van der Waals surface area contributed by atoms with Gasteiger partial charge in [0.2, 0.25) is 12.7 Å². The number of hydrogen-bond acceptors (Lipinski definition) is 5. The molecule has 2 N–H and O–H groups in total. The van der Waals surface area contributed by atoms with Crippen molar-refractivity contribution in [1.29, 1.82) is 0 Å². The Morgan fingerprint density at radius 1 is 1.17 bits per heavy atom. The van der Waals surface area contributed by atoms with E-state index in [-0.39, 0.29) is 12.7 Å². The van der Waals surface area contributed by atoms with Gasteiger partial charge in [0.1, 0.15) is 5.82 Å². The summed E-state index contributed by atoms with van der Waals surface area (Å²) in [7, 11) is 0. The van der Waals surface area contributed by atoms with Crippen molar-refractivity contribution in [2.75, 3.05) is 17.4 Å². The number of carbonyl (C=O) groups excluding carboxylic acids is 1. The second kappa shape index (κ2) is 6.56. The zero-order valence-corrected chi connectivity index (χ0v) is 13.1. The second-order valence-corrected chi connectivity index (χ2v) is 5.77. The van der Waals surface area contributed by atoms with E-state index < -0.39 is 0 Å². The summed E-state index contributed by atoms with van der Waals surface area (Å²) >= 11 is 0. The Morgan fingerprint density at radius 3 is 2.70 bits per heavy atom. The molecule has 0 saturated heterocycles. The van der Waals surface area contributed by atoms with Crippen molar-refractivity contribution in [3.8, 4) is 11.5 Å². The minimum absolute atomic E-state index is 0.00159. The van der Waals surface area contributed by atoms with Gasteiger partial charge < -0.3 is 20.1 Å². The maximum absolute atomic E-state index is 11.7. The number of hydrogen-bond donors (Lipinski definition) is 2. The molecule has 2 heterocycles. The zero-order valence-electron chi connectivity index (χ0n) is 13.1. The highest BCUT2D eigenvalue weighted by molar-refractivity contribution is 5.90. The highest BCUT2D eigenvalue weighted by Gasteiger charge is 2.13. The molecular formula is C17H19N3O3. The molecule has 0 atom stereocenters. The van der Waals surface area contributed by atoms with Crippen LogP contribution in [0.15, 0.2) is 36.5 Å². The van der Waals surface area contributed by atoms with Crippen LogP contribution in [0.5, 0.6) is 11.5 Å². The van der Waals surface area contributed by atoms with Gasteiger partial charge in [0, 0.05) is 18.2 Å². The normalized spacial score (nSPS) is 12.3. The lowest BCUT2D eigenvalue weighted by atomic mass is 10.1. The van der Waals surface area contributed by atoms with Gasteiger partial charge in [-0.1, -0.05) is 13.8 Å². The maximum atomic E-state index is 11.7. The van der Waals surface area contributed by atoms with Crippen LogP contribution in [0.4, 0.5) is 17.2 Å². The van der Waals surface area contributed by atoms with E-state index in [2.05, 4.69) is 15.6 Å². The summed E-state index contributed by atoms with van der Waals surface area (Å²) in [6.07, 6.45) is 2.13. The van der Waals surface area contributed by atoms with Crippen LogP contribution < -0.4 is 20.1 Å². The molecule has 6 heteroatoms. The van der Waals surface area contributed by atoms with Crippen molar-refractivity contribution in [3.05, 3.63) is 36.5 Å². The summed E-state index contributed by atoms with van der Waals surface area (Å²) in [6, 6.07) is 9.25. The molecule has 0 aliphatic carbocycles. The van der Waals surface area contributed by atoms with Crippen LogP contribution in [0.2, 0.25) is 0 Å². The highest BCUT2D eigenvalue weighted by Crippen LogP contribution is 2.34. The Morgan fingerprint density at radius 2 is 1.96 bits per heavy atom. The third kappa shape index (κ3) is 3.91. The molecule has 1 aromatic heterocycles. The van der Waals surface area contributed by atoms with Crippen LogP contribution >= 0.6 is 0 Å². The van der Waals surface area contributed by atoms with Crippen LogP contribution in [0, 0.1) is 5.92 Å². The average molecular weight is 313 g/mol. The van der Waals surface area contributed by atoms with Gasteiger partial charge in [-0.3, -0.25) is 4.79 Å². The van der Waals surface area contributed by atoms with Crippen LogP contribution in [0.1, 0.15) is 20.3 Å². The fourth-order valence-corrected chi connectivity index (χ4v) is 2.25. The van der Waals surface area contributed by atoms with E-state index in [0.717, 1.165) is 11.4 Å². The van der Waals surface area contributed by atoms with Crippen LogP contribution in [-0.4, -0.2) is 17.7 Å². The number of nitrogens with one attached hydrogen (secondary N) is 2. The summed E-state index contributed by atoms with van der Waals surface area (Å²) in [4.78, 5) is 16.0. The minimum atomic E-state index is -0.00159. The number of pyridine rings is 1. The average Bonchev–Trinajstić information content (AvgIpc) is 2.96. The number of nitrogens with zero attached hydrogens (tertiary/aromatic N) is 1. The second-order valence-electron chi connectivity index (χ2n) is 5.77. The summed E-state index contributed by atoms with van der Waals surface area (Å²) in [5.74, 6) is 2.47. The maximum Gasteiger partial charge on any atom is 0.231 e. The first kappa shape index (κ1) is 15.1. The molecule has 1 amide bonds. The number of ether oxygens (including phenoxy) is 2. The molecule has 1 aliphatic rings. The van der Waals surface area contributed by atoms with E-state index in [1.54, 1.807) is 6.20 Å². The standard InChI is InChI=1S/C17H19N3O3/c1-11(2)7-17(21)20-13-4-6-16(18-9-13)19-12-3-5-14-15(8-12)23-10-22-14/h3-6,8-9,11H,7,10H2,1-2H3,(H,18,19)(H,20,21). The van der Waals surface area contributed by atoms with Crippen molar-refractivity contribution < 1.29 is 14.3 Å². The summed E-state index contributed by atoms with van der Waals surface area (Å²) < 4.78 is 10.6. The van der Waals surface area contributed by atoms with Crippen molar-refractivity contribution >= 4 is 23.1 Å². The van der Waals surface area contributed by atoms with E-state index in [0.29, 0.717) is 29.6 Å². The van der Waals surface area contributed by atoms with Crippen LogP contribution in [0.25, 0.3) is 0 Å². The van der Waals surface area contributed by atoms with Crippen LogP contribution in [-0.2, 0) is 4.79 Å². The van der Waals surface area contributed by atoms with Crippen LogP contribution in [0.3, 0.4) is 0 Å². The number of anilines is 3. The van der Waals surface area contributed by atoms with Gasteiger partial charge in [0.25, 0.3) is 0 Å². The van der Waals surface area contributed by atoms with Gasteiger partial charge in [-0.2, -0.15) is 0 Å². The molecule has 0 saturated carbocycles. The first-order valence-corrected chi connectivity index (χ1v) is 7.53. The van der Waals surface area contributed by atoms with E-state index in [1.165, 1.54) is 0 Å². The van der Waals surface area contributed by atoms with Crippen molar-refractivity contribution in [3.63, 3.8) is 0 Å². The van der Waals surface area contributed by atoms with Crippen molar-refractivity contribution in [2.24, 2.45) is 5.92 Å². The number of rotatable bonds is 5. The molecule has 3 rings (SSSR count). The molecular weight excluding hydrogens is 294 g/mol. The molecule has 1 aromatic carbocycles. The van der Waals surface area contributed by atoms with E-state index >= 15 is 0 Å². The SMILES string of the molecule is CC(C)CC(=O)Nc1ccc(Nc2ccc3c(c2)OCO3)nc1.